The Labute approximate surface area is 144 Å². The van der Waals surface area contributed by atoms with E-state index in [4.69, 9.17) is 15.9 Å². The molecule has 2 aromatic heterocycles. The first kappa shape index (κ1) is 16.3. The van der Waals surface area contributed by atoms with E-state index in [-0.39, 0.29) is 6.10 Å². The third-order valence-corrected chi connectivity index (χ3v) is 3.55. The van der Waals surface area contributed by atoms with Crippen molar-refractivity contribution in [1.29, 1.82) is 10.7 Å². The monoisotopic (exact) mass is 335 g/mol. The third-order valence-electron chi connectivity index (χ3n) is 3.55. The maximum Gasteiger partial charge on any atom is 0.145 e. The summed E-state index contributed by atoms with van der Waals surface area (Å²) in [7, 11) is 0. The largest absolute Gasteiger partial charge is 0.489 e. The van der Waals surface area contributed by atoms with Crippen LogP contribution in [0.3, 0.4) is 0 Å². The summed E-state index contributed by atoms with van der Waals surface area (Å²) in [6.45, 7) is 3.82. The fourth-order valence-corrected chi connectivity index (χ4v) is 2.46. The van der Waals surface area contributed by atoms with Crippen molar-refractivity contribution >= 4 is 34.4 Å². The number of H-pyrrole nitrogens is 1. The lowest BCUT2D eigenvalue weighted by atomic mass is 10.1. The zero-order chi connectivity index (χ0) is 18.0. The number of hydrogen-bond donors (Lipinski definition) is 4. The van der Waals surface area contributed by atoms with Crippen LogP contribution in [-0.4, -0.2) is 27.3 Å². The van der Waals surface area contributed by atoms with Crippen LogP contribution in [0.2, 0.25) is 0 Å². The number of benzene rings is 1. The molecule has 0 atom stereocenters. The first-order chi connectivity index (χ1) is 12.0. The summed E-state index contributed by atoms with van der Waals surface area (Å²) in [5, 5.41) is 20.5. The highest BCUT2D eigenvalue weighted by Gasteiger charge is 2.15. The van der Waals surface area contributed by atoms with E-state index >= 15 is 0 Å². The normalized spacial score (nSPS) is 10.6. The van der Waals surface area contributed by atoms with Gasteiger partial charge in [0.15, 0.2) is 0 Å². The van der Waals surface area contributed by atoms with Gasteiger partial charge < -0.3 is 26.2 Å². The third kappa shape index (κ3) is 3.07. The number of nitriles is 1. The van der Waals surface area contributed by atoms with E-state index in [2.05, 4.69) is 26.3 Å². The van der Waals surface area contributed by atoms with Crippen LogP contribution >= 0.6 is 0 Å². The van der Waals surface area contributed by atoms with Gasteiger partial charge in [0.1, 0.15) is 29.6 Å². The number of rotatable bonds is 5. The number of nitrogens with zero attached hydrogens (tertiary/aromatic N) is 3. The zero-order valence-corrected chi connectivity index (χ0v) is 13.8. The highest BCUT2D eigenvalue weighted by molar-refractivity contribution is 5.95. The average molecular weight is 335 g/mol. The van der Waals surface area contributed by atoms with Crippen molar-refractivity contribution in [3.63, 3.8) is 0 Å². The Balaban J connectivity index is 2.13. The number of aromatic nitrogens is 3. The van der Waals surface area contributed by atoms with Gasteiger partial charge in [0.2, 0.25) is 0 Å². The molecule has 25 heavy (non-hydrogen) atoms. The van der Waals surface area contributed by atoms with Crippen molar-refractivity contribution in [2.45, 2.75) is 20.0 Å². The number of anilines is 3. The van der Waals surface area contributed by atoms with Crippen LogP contribution < -0.4 is 15.8 Å². The fourth-order valence-electron chi connectivity index (χ4n) is 2.46. The Hall–Kier alpha value is -3.60. The van der Waals surface area contributed by atoms with E-state index in [1.54, 1.807) is 18.3 Å². The van der Waals surface area contributed by atoms with Crippen LogP contribution in [0.1, 0.15) is 25.0 Å². The Morgan fingerprint density at radius 3 is 2.88 bits per heavy atom. The van der Waals surface area contributed by atoms with Crippen LogP contribution in [-0.2, 0) is 0 Å². The molecule has 0 bridgehead atoms. The molecule has 0 unspecified atom stereocenters. The van der Waals surface area contributed by atoms with E-state index in [0.29, 0.717) is 45.1 Å². The molecule has 0 aliphatic carbocycles. The van der Waals surface area contributed by atoms with E-state index < -0.39 is 0 Å². The van der Waals surface area contributed by atoms with Crippen LogP contribution in [0, 0.1) is 16.7 Å². The van der Waals surface area contributed by atoms with E-state index in [0.717, 1.165) is 0 Å². The van der Waals surface area contributed by atoms with Gasteiger partial charge in [0, 0.05) is 29.7 Å². The lowest BCUT2D eigenvalue weighted by Gasteiger charge is -2.17. The molecule has 1 aromatic carbocycles. The Kier molecular flexibility index (Phi) is 4.22. The molecule has 0 spiro atoms. The number of aromatic amines is 1. The maximum absolute atomic E-state index is 9.28. The quantitative estimate of drug-likeness (QED) is 0.418. The minimum atomic E-state index is -0.0573. The zero-order valence-electron chi connectivity index (χ0n) is 13.8. The summed E-state index contributed by atoms with van der Waals surface area (Å²) in [6.07, 6.45) is 4.10. The lowest BCUT2D eigenvalue weighted by molar-refractivity contribution is 0.244. The second kappa shape index (κ2) is 6.49. The number of nitrogen functional groups attached to an aromatic ring is 1. The fraction of sp³-hybridized carbons (Fsp3) is 0.176. The van der Waals surface area contributed by atoms with Gasteiger partial charge in [-0.25, -0.2) is 9.97 Å². The second-order valence-corrected chi connectivity index (χ2v) is 5.67. The van der Waals surface area contributed by atoms with Gasteiger partial charge in [-0.05, 0) is 19.9 Å². The Bertz CT molecular complexity index is 985. The van der Waals surface area contributed by atoms with Crippen LogP contribution in [0.4, 0.5) is 17.2 Å². The van der Waals surface area contributed by atoms with Crippen LogP contribution in [0.5, 0.6) is 5.75 Å². The molecule has 8 heteroatoms. The molecule has 0 saturated heterocycles. The lowest BCUT2D eigenvalue weighted by Crippen LogP contribution is -2.09. The van der Waals surface area contributed by atoms with Crippen molar-refractivity contribution in [2.24, 2.45) is 0 Å². The second-order valence-electron chi connectivity index (χ2n) is 5.67. The van der Waals surface area contributed by atoms with Gasteiger partial charge in [0.05, 0.1) is 22.7 Å². The average Bonchev–Trinajstić information content (AvgIpc) is 3.00. The van der Waals surface area contributed by atoms with E-state index in [1.807, 2.05) is 13.8 Å². The van der Waals surface area contributed by atoms with Crippen molar-refractivity contribution in [2.75, 3.05) is 11.1 Å². The number of ether oxygens (including phenoxy) is 1. The smallest absolute Gasteiger partial charge is 0.145 e. The molecule has 0 aliphatic rings. The van der Waals surface area contributed by atoms with Crippen molar-refractivity contribution in [1.82, 2.24) is 15.0 Å². The molecule has 8 nitrogen and oxygen atoms in total. The van der Waals surface area contributed by atoms with Gasteiger partial charge in [-0.3, -0.25) is 0 Å². The van der Waals surface area contributed by atoms with Gasteiger partial charge in [-0.15, -0.1) is 0 Å². The molecule has 0 aliphatic heterocycles. The van der Waals surface area contributed by atoms with E-state index in [9.17, 15) is 5.26 Å². The summed E-state index contributed by atoms with van der Waals surface area (Å²) in [5.74, 6) is 1.01. The minimum Gasteiger partial charge on any atom is -0.489 e. The molecule has 0 amide bonds. The molecule has 2 heterocycles. The molecule has 0 fully saturated rings. The predicted molar refractivity (Wildman–Crippen MR) is 96.4 cm³/mol. The van der Waals surface area contributed by atoms with Crippen molar-refractivity contribution in [3.05, 3.63) is 35.8 Å². The molecule has 3 rings (SSSR count). The molecule has 0 saturated carbocycles. The van der Waals surface area contributed by atoms with Crippen molar-refractivity contribution in [3.8, 4) is 11.8 Å². The van der Waals surface area contributed by atoms with E-state index in [1.165, 1.54) is 12.5 Å². The summed E-state index contributed by atoms with van der Waals surface area (Å²) < 4.78 is 5.81. The highest BCUT2D eigenvalue weighted by Crippen LogP contribution is 2.34. The Morgan fingerprint density at radius 1 is 1.40 bits per heavy atom. The van der Waals surface area contributed by atoms with Gasteiger partial charge >= 0.3 is 0 Å². The van der Waals surface area contributed by atoms with Crippen LogP contribution in [0.15, 0.2) is 24.7 Å². The summed E-state index contributed by atoms with van der Waals surface area (Å²) in [6, 6.07) is 5.50. The first-order valence-electron chi connectivity index (χ1n) is 7.63. The van der Waals surface area contributed by atoms with Crippen LogP contribution in [0.25, 0.3) is 11.0 Å². The standard InChI is InChI=1S/C17H17N7O/c1-9(2)25-14-4-12(20)10(5-18)3-13(14)24-17-15-11(6-19)7-21-16(15)22-8-23-17/h3-5,7-9,18H,20H2,1-2H3,(H2,21,22,23,24). The molecular formula is C17H17N7O. The maximum atomic E-state index is 9.28. The van der Waals surface area contributed by atoms with Gasteiger partial charge in [0.25, 0.3) is 0 Å². The number of hydrogen-bond acceptors (Lipinski definition) is 7. The molecule has 5 N–H and O–H groups in total. The van der Waals surface area contributed by atoms with Crippen molar-refractivity contribution < 1.29 is 4.74 Å². The number of nitrogens with one attached hydrogen (secondary N) is 3. The predicted octanol–water partition coefficient (Wildman–Crippen LogP) is 2.94. The molecule has 126 valence electrons. The Morgan fingerprint density at radius 2 is 2.20 bits per heavy atom. The molecular weight excluding hydrogens is 318 g/mol. The van der Waals surface area contributed by atoms with Gasteiger partial charge in [-0.2, -0.15) is 5.26 Å². The number of fused-ring (bicyclic) bond motifs is 1. The summed E-state index contributed by atoms with van der Waals surface area (Å²) in [4.78, 5) is 11.3. The SMILES string of the molecule is CC(C)Oc1cc(N)c(C=N)cc1Nc1ncnc2[nH]cc(C#N)c12. The minimum absolute atomic E-state index is 0.0573. The highest BCUT2D eigenvalue weighted by atomic mass is 16.5. The molecule has 3 aromatic rings. The van der Waals surface area contributed by atoms with Gasteiger partial charge in [-0.1, -0.05) is 0 Å². The molecule has 0 radical (unpaired) electrons. The summed E-state index contributed by atoms with van der Waals surface area (Å²) in [5.41, 5.74) is 8.56. The first-order valence-corrected chi connectivity index (χ1v) is 7.63. The summed E-state index contributed by atoms with van der Waals surface area (Å²) >= 11 is 0. The number of nitrogens with two attached hydrogens (primary N) is 1. The topological polar surface area (TPSA) is 136 Å².